The second-order valence-electron chi connectivity index (χ2n) is 5.20. The van der Waals surface area contributed by atoms with Crippen LogP contribution in [0.2, 0.25) is 0 Å². The van der Waals surface area contributed by atoms with Crippen molar-refractivity contribution in [3.8, 4) is 0 Å². The molecule has 0 bridgehead atoms. The van der Waals surface area contributed by atoms with Crippen LogP contribution in [0.5, 0.6) is 0 Å². The van der Waals surface area contributed by atoms with Gasteiger partial charge in [0, 0.05) is 25.8 Å². The van der Waals surface area contributed by atoms with Crippen LogP contribution in [0.4, 0.5) is 0 Å². The molecule has 2 aromatic rings. The molecule has 0 amide bonds. The van der Waals surface area contributed by atoms with Crippen molar-refractivity contribution in [3.63, 3.8) is 0 Å². The standard InChI is InChI=1S/C18H20O4/c1-12(22-14(3)20)17-9-5-8-15-6-4-7-16(18(15)17)10-11-21-13(2)19/h4-9,12H,10-11H2,1-3H3. The fourth-order valence-corrected chi connectivity index (χ4v) is 2.61. The number of benzene rings is 2. The highest BCUT2D eigenvalue weighted by atomic mass is 16.5. The topological polar surface area (TPSA) is 52.6 Å². The lowest BCUT2D eigenvalue weighted by Crippen LogP contribution is -2.07. The Morgan fingerprint density at radius 2 is 1.73 bits per heavy atom. The van der Waals surface area contributed by atoms with E-state index in [4.69, 9.17) is 9.47 Å². The van der Waals surface area contributed by atoms with Crippen molar-refractivity contribution in [2.24, 2.45) is 0 Å². The normalized spacial score (nSPS) is 12.0. The molecule has 0 aliphatic carbocycles. The number of fused-ring (bicyclic) bond motifs is 1. The zero-order chi connectivity index (χ0) is 16.1. The summed E-state index contributed by atoms with van der Waals surface area (Å²) in [5, 5.41) is 2.14. The first-order valence-electron chi connectivity index (χ1n) is 7.30. The summed E-state index contributed by atoms with van der Waals surface area (Å²) in [5.41, 5.74) is 2.04. The maximum Gasteiger partial charge on any atom is 0.303 e. The van der Waals surface area contributed by atoms with Gasteiger partial charge in [-0.2, -0.15) is 0 Å². The molecule has 4 nitrogen and oxygen atoms in total. The van der Waals surface area contributed by atoms with Crippen LogP contribution in [-0.4, -0.2) is 18.5 Å². The van der Waals surface area contributed by atoms with Crippen LogP contribution in [-0.2, 0) is 25.5 Å². The number of carbonyl (C=O) groups excluding carboxylic acids is 2. The Bertz CT molecular complexity index is 685. The van der Waals surface area contributed by atoms with Gasteiger partial charge in [-0.05, 0) is 23.3 Å². The van der Waals surface area contributed by atoms with E-state index in [0.717, 1.165) is 21.9 Å². The van der Waals surface area contributed by atoms with Crippen molar-refractivity contribution < 1.29 is 19.1 Å². The summed E-state index contributed by atoms with van der Waals surface area (Å²) in [6.07, 6.45) is 0.303. The Morgan fingerprint density at radius 3 is 2.36 bits per heavy atom. The predicted octanol–water partition coefficient (Wildman–Crippen LogP) is 3.57. The quantitative estimate of drug-likeness (QED) is 0.792. The molecule has 0 radical (unpaired) electrons. The molecule has 0 spiro atoms. The van der Waals surface area contributed by atoms with E-state index < -0.39 is 0 Å². The fraction of sp³-hybridized carbons (Fsp3) is 0.333. The maximum atomic E-state index is 11.2. The number of hydrogen-bond donors (Lipinski definition) is 0. The molecule has 0 saturated carbocycles. The van der Waals surface area contributed by atoms with Gasteiger partial charge in [-0.3, -0.25) is 9.59 Å². The largest absolute Gasteiger partial charge is 0.466 e. The molecule has 116 valence electrons. The maximum absolute atomic E-state index is 11.2. The molecule has 1 atom stereocenters. The molecular formula is C18H20O4. The lowest BCUT2D eigenvalue weighted by atomic mass is 9.95. The Morgan fingerprint density at radius 1 is 1.05 bits per heavy atom. The summed E-state index contributed by atoms with van der Waals surface area (Å²) in [7, 11) is 0. The van der Waals surface area contributed by atoms with E-state index in [9.17, 15) is 9.59 Å². The van der Waals surface area contributed by atoms with Gasteiger partial charge in [-0.25, -0.2) is 0 Å². The van der Waals surface area contributed by atoms with Crippen LogP contribution in [0.15, 0.2) is 36.4 Å². The lowest BCUT2D eigenvalue weighted by Gasteiger charge is -2.17. The van der Waals surface area contributed by atoms with Gasteiger partial charge in [0.05, 0.1) is 6.61 Å². The molecule has 0 aromatic heterocycles. The molecule has 4 heteroatoms. The first-order valence-corrected chi connectivity index (χ1v) is 7.30. The predicted molar refractivity (Wildman–Crippen MR) is 84.5 cm³/mol. The molecular weight excluding hydrogens is 280 g/mol. The van der Waals surface area contributed by atoms with Crippen molar-refractivity contribution in [2.75, 3.05) is 6.61 Å². The Labute approximate surface area is 130 Å². The molecule has 0 aliphatic rings. The van der Waals surface area contributed by atoms with Crippen molar-refractivity contribution in [1.29, 1.82) is 0 Å². The van der Waals surface area contributed by atoms with Gasteiger partial charge in [0.15, 0.2) is 0 Å². The van der Waals surface area contributed by atoms with E-state index in [1.807, 2.05) is 43.3 Å². The van der Waals surface area contributed by atoms with Gasteiger partial charge >= 0.3 is 11.9 Å². The highest BCUT2D eigenvalue weighted by Crippen LogP contribution is 2.29. The van der Waals surface area contributed by atoms with E-state index in [0.29, 0.717) is 13.0 Å². The Kier molecular flexibility index (Phi) is 5.15. The zero-order valence-corrected chi connectivity index (χ0v) is 13.1. The summed E-state index contributed by atoms with van der Waals surface area (Å²) in [5.74, 6) is -0.587. The minimum absolute atomic E-state index is 0.284. The van der Waals surface area contributed by atoms with E-state index in [1.54, 1.807) is 0 Å². The van der Waals surface area contributed by atoms with Crippen LogP contribution in [0.25, 0.3) is 10.8 Å². The lowest BCUT2D eigenvalue weighted by molar-refractivity contribution is -0.145. The molecule has 2 aromatic carbocycles. The average Bonchev–Trinajstić information content (AvgIpc) is 2.45. The number of rotatable bonds is 5. The van der Waals surface area contributed by atoms with Crippen LogP contribution < -0.4 is 0 Å². The van der Waals surface area contributed by atoms with Crippen molar-refractivity contribution in [3.05, 3.63) is 47.5 Å². The second-order valence-corrected chi connectivity index (χ2v) is 5.20. The molecule has 0 saturated heterocycles. The van der Waals surface area contributed by atoms with Crippen LogP contribution in [0.3, 0.4) is 0 Å². The third kappa shape index (κ3) is 3.85. The average molecular weight is 300 g/mol. The molecule has 22 heavy (non-hydrogen) atoms. The zero-order valence-electron chi connectivity index (χ0n) is 13.1. The van der Waals surface area contributed by atoms with Gasteiger partial charge in [0.1, 0.15) is 6.10 Å². The monoisotopic (exact) mass is 300 g/mol. The minimum Gasteiger partial charge on any atom is -0.466 e. The Hall–Kier alpha value is -2.36. The van der Waals surface area contributed by atoms with Gasteiger partial charge in [0.2, 0.25) is 0 Å². The number of ether oxygens (including phenoxy) is 2. The molecule has 0 N–H and O–H groups in total. The van der Waals surface area contributed by atoms with Crippen molar-refractivity contribution in [1.82, 2.24) is 0 Å². The Balaban J connectivity index is 2.39. The first kappa shape index (κ1) is 16.0. The number of hydrogen-bond acceptors (Lipinski definition) is 4. The van der Waals surface area contributed by atoms with Gasteiger partial charge in [-0.1, -0.05) is 36.4 Å². The second kappa shape index (κ2) is 7.07. The molecule has 1 unspecified atom stereocenters. The van der Waals surface area contributed by atoms with Crippen molar-refractivity contribution in [2.45, 2.75) is 33.3 Å². The van der Waals surface area contributed by atoms with E-state index in [-0.39, 0.29) is 18.0 Å². The van der Waals surface area contributed by atoms with Gasteiger partial charge in [0.25, 0.3) is 0 Å². The van der Waals surface area contributed by atoms with Crippen LogP contribution in [0.1, 0.15) is 38.0 Å². The van der Waals surface area contributed by atoms with Gasteiger partial charge in [-0.15, -0.1) is 0 Å². The summed E-state index contributed by atoms with van der Waals surface area (Å²) >= 11 is 0. The smallest absolute Gasteiger partial charge is 0.303 e. The SMILES string of the molecule is CC(=O)OCCc1cccc2cccc(C(C)OC(C)=O)c12. The highest BCUT2D eigenvalue weighted by Gasteiger charge is 2.14. The third-order valence-electron chi connectivity index (χ3n) is 3.48. The molecule has 0 heterocycles. The summed E-state index contributed by atoms with van der Waals surface area (Å²) < 4.78 is 10.4. The van der Waals surface area contributed by atoms with Crippen LogP contribution >= 0.6 is 0 Å². The van der Waals surface area contributed by atoms with Crippen molar-refractivity contribution >= 4 is 22.7 Å². The fourth-order valence-electron chi connectivity index (χ4n) is 2.61. The number of carbonyl (C=O) groups is 2. The summed E-state index contributed by atoms with van der Waals surface area (Å²) in [4.78, 5) is 22.1. The van der Waals surface area contributed by atoms with E-state index in [1.165, 1.54) is 13.8 Å². The van der Waals surface area contributed by atoms with E-state index >= 15 is 0 Å². The third-order valence-corrected chi connectivity index (χ3v) is 3.48. The molecule has 0 fully saturated rings. The molecule has 2 rings (SSSR count). The van der Waals surface area contributed by atoms with Gasteiger partial charge < -0.3 is 9.47 Å². The van der Waals surface area contributed by atoms with Crippen LogP contribution in [0, 0.1) is 0 Å². The highest BCUT2D eigenvalue weighted by molar-refractivity contribution is 5.89. The first-order chi connectivity index (χ1) is 10.5. The molecule has 0 aliphatic heterocycles. The summed E-state index contributed by atoms with van der Waals surface area (Å²) in [6.45, 7) is 5.00. The minimum atomic E-state index is -0.323. The summed E-state index contributed by atoms with van der Waals surface area (Å²) in [6, 6.07) is 11.9. The van der Waals surface area contributed by atoms with E-state index in [2.05, 4.69) is 0 Å². The number of esters is 2.